The second kappa shape index (κ2) is 5.70. The Labute approximate surface area is 95.4 Å². The van der Waals surface area contributed by atoms with Gasteiger partial charge in [0.1, 0.15) is 11.6 Å². The van der Waals surface area contributed by atoms with E-state index in [0.29, 0.717) is 6.54 Å². The van der Waals surface area contributed by atoms with E-state index in [2.05, 4.69) is 21.2 Å². The molecule has 0 aromatic heterocycles. The lowest BCUT2D eigenvalue weighted by molar-refractivity contribution is 0.0950. The molecule has 0 aliphatic rings. The van der Waals surface area contributed by atoms with Crippen LogP contribution in [0.5, 0.6) is 5.75 Å². The Balaban J connectivity index is 2.65. The van der Waals surface area contributed by atoms with Gasteiger partial charge in [-0.25, -0.2) is 4.39 Å². The number of phenolic OH excluding ortho intramolecular Hbond substituents is 1. The van der Waals surface area contributed by atoms with Gasteiger partial charge in [0.2, 0.25) is 0 Å². The van der Waals surface area contributed by atoms with Gasteiger partial charge in [-0.05, 0) is 18.6 Å². The first-order valence-corrected chi connectivity index (χ1v) is 5.60. The molecule has 15 heavy (non-hydrogen) atoms. The van der Waals surface area contributed by atoms with E-state index in [1.54, 1.807) is 0 Å². The lowest BCUT2D eigenvalue weighted by Gasteiger charge is -2.05. The molecule has 0 aliphatic heterocycles. The van der Waals surface area contributed by atoms with Crippen LogP contribution in [-0.4, -0.2) is 22.9 Å². The van der Waals surface area contributed by atoms with E-state index >= 15 is 0 Å². The number of phenols is 1. The van der Waals surface area contributed by atoms with Crippen LogP contribution in [0.25, 0.3) is 0 Å². The average molecular weight is 276 g/mol. The zero-order valence-electron chi connectivity index (χ0n) is 7.96. The minimum atomic E-state index is -0.716. The molecular formula is C10H11BrFNO2. The van der Waals surface area contributed by atoms with Crippen LogP contribution < -0.4 is 5.32 Å². The molecule has 1 rings (SSSR count). The second-order valence-corrected chi connectivity index (χ2v) is 3.76. The third kappa shape index (κ3) is 3.51. The van der Waals surface area contributed by atoms with E-state index in [1.807, 2.05) is 0 Å². The maximum absolute atomic E-state index is 13.2. The summed E-state index contributed by atoms with van der Waals surface area (Å²) in [7, 11) is 0. The van der Waals surface area contributed by atoms with Gasteiger partial charge in [0.15, 0.2) is 0 Å². The van der Waals surface area contributed by atoms with Gasteiger partial charge in [0.05, 0.1) is 5.56 Å². The molecular weight excluding hydrogens is 265 g/mol. The maximum atomic E-state index is 13.2. The Kier molecular flexibility index (Phi) is 4.55. The Morgan fingerprint density at radius 1 is 1.53 bits per heavy atom. The molecule has 2 N–H and O–H groups in total. The first kappa shape index (κ1) is 12.0. The molecule has 0 spiro atoms. The number of amides is 1. The number of halogens is 2. The summed E-state index contributed by atoms with van der Waals surface area (Å²) in [5.74, 6) is -1.37. The quantitative estimate of drug-likeness (QED) is 0.653. The summed E-state index contributed by atoms with van der Waals surface area (Å²) in [5, 5.41) is 12.3. The van der Waals surface area contributed by atoms with Gasteiger partial charge in [0, 0.05) is 17.9 Å². The molecule has 0 atom stereocenters. The van der Waals surface area contributed by atoms with Crippen molar-refractivity contribution in [2.45, 2.75) is 6.42 Å². The Bertz CT molecular complexity index is 357. The molecule has 82 valence electrons. The Hall–Kier alpha value is -1.10. The number of benzene rings is 1. The van der Waals surface area contributed by atoms with Gasteiger partial charge in [-0.15, -0.1) is 0 Å². The number of hydrogen-bond acceptors (Lipinski definition) is 2. The second-order valence-electron chi connectivity index (χ2n) is 2.96. The van der Waals surface area contributed by atoms with E-state index in [1.165, 1.54) is 12.1 Å². The number of nitrogens with one attached hydrogen (secondary N) is 1. The zero-order valence-corrected chi connectivity index (χ0v) is 9.55. The number of rotatable bonds is 4. The van der Waals surface area contributed by atoms with Crippen molar-refractivity contribution in [1.29, 1.82) is 0 Å². The fourth-order valence-corrected chi connectivity index (χ4v) is 1.33. The number of carbonyl (C=O) groups excluding carboxylic acids is 1. The molecule has 0 aliphatic carbocycles. The molecule has 0 unspecified atom stereocenters. The SMILES string of the molecule is O=C(NCCCBr)c1ccc(O)cc1F. The van der Waals surface area contributed by atoms with Gasteiger partial charge in [-0.2, -0.15) is 0 Å². The van der Waals surface area contributed by atoms with Crippen molar-refractivity contribution in [2.75, 3.05) is 11.9 Å². The predicted octanol–water partition coefficient (Wildman–Crippen LogP) is 2.05. The first-order chi connectivity index (χ1) is 7.15. The van der Waals surface area contributed by atoms with Gasteiger partial charge in [-0.3, -0.25) is 4.79 Å². The van der Waals surface area contributed by atoms with Crippen LogP contribution in [0, 0.1) is 5.82 Å². The van der Waals surface area contributed by atoms with E-state index in [-0.39, 0.29) is 11.3 Å². The third-order valence-corrected chi connectivity index (χ3v) is 2.35. The van der Waals surface area contributed by atoms with Crippen LogP contribution in [0.4, 0.5) is 4.39 Å². The van der Waals surface area contributed by atoms with Crippen molar-refractivity contribution >= 4 is 21.8 Å². The largest absolute Gasteiger partial charge is 0.508 e. The summed E-state index contributed by atoms with van der Waals surface area (Å²) in [6.45, 7) is 0.490. The Morgan fingerprint density at radius 2 is 2.27 bits per heavy atom. The van der Waals surface area contributed by atoms with Crippen molar-refractivity contribution in [3.8, 4) is 5.75 Å². The summed E-state index contributed by atoms with van der Waals surface area (Å²) in [4.78, 5) is 11.4. The number of alkyl halides is 1. The standard InChI is InChI=1S/C10H11BrFNO2/c11-4-1-5-13-10(15)8-3-2-7(14)6-9(8)12/h2-3,6,14H,1,4-5H2,(H,13,15). The lowest BCUT2D eigenvalue weighted by Crippen LogP contribution is -2.25. The minimum absolute atomic E-state index is 0.0534. The molecule has 5 heteroatoms. The van der Waals surface area contributed by atoms with Gasteiger partial charge < -0.3 is 10.4 Å². The van der Waals surface area contributed by atoms with Gasteiger partial charge >= 0.3 is 0 Å². The molecule has 0 fully saturated rings. The van der Waals surface area contributed by atoms with Gasteiger partial charge in [-0.1, -0.05) is 15.9 Å². The van der Waals surface area contributed by atoms with Crippen LogP contribution in [0.3, 0.4) is 0 Å². The summed E-state index contributed by atoms with van der Waals surface area (Å²) in [5.41, 5.74) is -0.0534. The number of aromatic hydroxyl groups is 1. The van der Waals surface area contributed by atoms with Crippen molar-refractivity contribution < 1.29 is 14.3 Å². The smallest absolute Gasteiger partial charge is 0.254 e. The predicted molar refractivity (Wildman–Crippen MR) is 58.8 cm³/mol. The molecule has 0 saturated carbocycles. The van der Waals surface area contributed by atoms with Crippen molar-refractivity contribution in [3.63, 3.8) is 0 Å². The van der Waals surface area contributed by atoms with Gasteiger partial charge in [0.25, 0.3) is 5.91 Å². The van der Waals surface area contributed by atoms with Crippen molar-refractivity contribution in [3.05, 3.63) is 29.6 Å². The lowest BCUT2D eigenvalue weighted by atomic mass is 10.2. The third-order valence-electron chi connectivity index (χ3n) is 1.79. The van der Waals surface area contributed by atoms with Crippen molar-refractivity contribution in [1.82, 2.24) is 5.32 Å². The first-order valence-electron chi connectivity index (χ1n) is 4.48. The van der Waals surface area contributed by atoms with Crippen LogP contribution in [0.15, 0.2) is 18.2 Å². The summed E-state index contributed by atoms with van der Waals surface area (Å²) >= 11 is 3.22. The fourth-order valence-electron chi connectivity index (χ4n) is 1.05. The fraction of sp³-hybridized carbons (Fsp3) is 0.300. The summed E-state index contributed by atoms with van der Waals surface area (Å²) in [6, 6.07) is 3.45. The summed E-state index contributed by atoms with van der Waals surface area (Å²) < 4.78 is 13.2. The highest BCUT2D eigenvalue weighted by Gasteiger charge is 2.10. The molecule has 0 saturated heterocycles. The normalized spacial score (nSPS) is 10.0. The van der Waals surface area contributed by atoms with Crippen LogP contribution in [0.1, 0.15) is 16.8 Å². The molecule has 0 bridgehead atoms. The molecule has 0 heterocycles. The zero-order chi connectivity index (χ0) is 11.3. The highest BCUT2D eigenvalue weighted by Crippen LogP contribution is 2.14. The molecule has 1 aromatic rings. The van der Waals surface area contributed by atoms with E-state index in [0.717, 1.165) is 17.8 Å². The highest BCUT2D eigenvalue weighted by atomic mass is 79.9. The minimum Gasteiger partial charge on any atom is -0.508 e. The van der Waals surface area contributed by atoms with E-state index < -0.39 is 11.7 Å². The Morgan fingerprint density at radius 3 is 2.87 bits per heavy atom. The molecule has 1 aromatic carbocycles. The number of carbonyl (C=O) groups is 1. The van der Waals surface area contributed by atoms with Crippen LogP contribution >= 0.6 is 15.9 Å². The van der Waals surface area contributed by atoms with E-state index in [4.69, 9.17) is 5.11 Å². The topological polar surface area (TPSA) is 49.3 Å². The monoisotopic (exact) mass is 275 g/mol. The van der Waals surface area contributed by atoms with Crippen LogP contribution in [-0.2, 0) is 0 Å². The number of hydrogen-bond donors (Lipinski definition) is 2. The van der Waals surface area contributed by atoms with Crippen LogP contribution in [0.2, 0.25) is 0 Å². The average Bonchev–Trinajstić information content (AvgIpc) is 2.17. The molecule has 1 amide bonds. The molecule has 0 radical (unpaired) electrons. The summed E-state index contributed by atoms with van der Waals surface area (Å²) in [6.07, 6.45) is 0.783. The molecule has 3 nitrogen and oxygen atoms in total. The highest BCUT2D eigenvalue weighted by molar-refractivity contribution is 9.09. The van der Waals surface area contributed by atoms with E-state index in [9.17, 15) is 9.18 Å². The van der Waals surface area contributed by atoms with Crippen molar-refractivity contribution in [2.24, 2.45) is 0 Å². The maximum Gasteiger partial charge on any atom is 0.254 e.